The first kappa shape index (κ1) is 11.4. The fraction of sp³-hybridized carbons (Fsp3) is 0.444. The summed E-state index contributed by atoms with van der Waals surface area (Å²) in [4.78, 5) is 13.9. The largest absolute Gasteiger partial charge is 0.396 e. The molecule has 0 fully saturated rings. The molecule has 0 unspecified atom stereocenters. The molecule has 1 rings (SSSR count). The molecular weight excluding hydrogens is 198 g/mol. The first-order valence-corrected chi connectivity index (χ1v) is 4.61. The Kier molecular flexibility index (Phi) is 3.99. The van der Waals surface area contributed by atoms with Crippen LogP contribution in [0.2, 0.25) is 0 Å². The Balaban J connectivity index is 2.70. The van der Waals surface area contributed by atoms with Gasteiger partial charge in [0, 0.05) is 19.2 Å². The lowest BCUT2D eigenvalue weighted by Gasteiger charge is -2.06. The molecule has 0 atom stereocenters. The van der Waals surface area contributed by atoms with E-state index in [-0.39, 0.29) is 12.3 Å². The highest BCUT2D eigenvalue weighted by molar-refractivity contribution is 5.48. The molecule has 82 valence electrons. The summed E-state index contributed by atoms with van der Waals surface area (Å²) >= 11 is 0. The summed E-state index contributed by atoms with van der Waals surface area (Å²) in [6, 6.07) is 1.47. The second-order valence-corrected chi connectivity index (χ2v) is 3.12. The maximum absolute atomic E-state index is 10.4. The van der Waals surface area contributed by atoms with E-state index in [9.17, 15) is 10.1 Å². The van der Waals surface area contributed by atoms with Crippen molar-refractivity contribution in [3.63, 3.8) is 0 Å². The van der Waals surface area contributed by atoms with Crippen LogP contribution in [-0.2, 0) is 0 Å². The lowest BCUT2D eigenvalue weighted by Crippen LogP contribution is -2.06. The molecule has 0 radical (unpaired) electrons. The number of hydrogen-bond donors (Lipinski definition) is 2. The number of aliphatic hydroxyl groups excluding tert-OH is 1. The zero-order valence-corrected chi connectivity index (χ0v) is 8.43. The van der Waals surface area contributed by atoms with Gasteiger partial charge in [0.15, 0.2) is 0 Å². The van der Waals surface area contributed by atoms with E-state index in [2.05, 4.69) is 10.3 Å². The van der Waals surface area contributed by atoms with Crippen LogP contribution in [0.15, 0.2) is 12.3 Å². The van der Waals surface area contributed by atoms with Gasteiger partial charge in [0.25, 0.3) is 5.69 Å². The number of pyridine rings is 1. The van der Waals surface area contributed by atoms with Crippen LogP contribution in [-0.4, -0.2) is 28.2 Å². The molecule has 0 aliphatic heterocycles. The van der Waals surface area contributed by atoms with Crippen LogP contribution in [0.4, 0.5) is 11.5 Å². The number of nitrogens with one attached hydrogen (secondary N) is 1. The number of anilines is 1. The van der Waals surface area contributed by atoms with Crippen LogP contribution in [0, 0.1) is 17.0 Å². The first-order chi connectivity index (χ1) is 7.15. The van der Waals surface area contributed by atoms with Crippen LogP contribution >= 0.6 is 0 Å². The minimum atomic E-state index is -0.475. The maximum Gasteiger partial charge on any atom is 0.287 e. The highest BCUT2D eigenvalue weighted by Gasteiger charge is 2.08. The summed E-state index contributed by atoms with van der Waals surface area (Å²) in [6.45, 7) is 2.46. The molecule has 0 spiro atoms. The van der Waals surface area contributed by atoms with E-state index in [4.69, 9.17) is 5.11 Å². The lowest BCUT2D eigenvalue weighted by molar-refractivity contribution is -0.385. The van der Waals surface area contributed by atoms with E-state index >= 15 is 0 Å². The Labute approximate surface area is 87.1 Å². The first-order valence-electron chi connectivity index (χ1n) is 4.61. The van der Waals surface area contributed by atoms with Gasteiger partial charge in [-0.1, -0.05) is 0 Å². The molecular formula is C9H13N3O3. The van der Waals surface area contributed by atoms with Crippen LogP contribution in [0.5, 0.6) is 0 Å². The number of hydrogen-bond acceptors (Lipinski definition) is 5. The van der Waals surface area contributed by atoms with Crippen LogP contribution in [0.1, 0.15) is 12.0 Å². The molecule has 0 saturated heterocycles. The van der Waals surface area contributed by atoms with Crippen molar-refractivity contribution in [2.45, 2.75) is 13.3 Å². The zero-order chi connectivity index (χ0) is 11.3. The molecule has 1 aromatic heterocycles. The van der Waals surface area contributed by atoms with Gasteiger partial charge in [-0.15, -0.1) is 0 Å². The number of nitro groups is 1. The summed E-state index contributed by atoms with van der Waals surface area (Å²) in [5.74, 6) is 0.619. The summed E-state index contributed by atoms with van der Waals surface area (Å²) < 4.78 is 0. The van der Waals surface area contributed by atoms with Crippen LogP contribution in [0.3, 0.4) is 0 Å². The quantitative estimate of drug-likeness (QED) is 0.432. The number of nitrogens with zero attached hydrogens (tertiary/aromatic N) is 2. The maximum atomic E-state index is 10.4. The highest BCUT2D eigenvalue weighted by Crippen LogP contribution is 2.17. The molecule has 0 saturated carbocycles. The third-order valence-electron chi connectivity index (χ3n) is 1.90. The molecule has 0 bridgehead atoms. The molecule has 2 N–H and O–H groups in total. The molecule has 0 aliphatic carbocycles. The molecule has 0 aromatic carbocycles. The summed E-state index contributed by atoms with van der Waals surface area (Å²) in [6.07, 6.45) is 1.84. The topological polar surface area (TPSA) is 88.3 Å². The smallest absolute Gasteiger partial charge is 0.287 e. The van der Waals surface area contributed by atoms with Gasteiger partial charge in [-0.3, -0.25) is 10.1 Å². The predicted octanol–water partition coefficient (Wildman–Crippen LogP) is 1.09. The number of aryl methyl sites for hydroxylation is 1. The fourth-order valence-corrected chi connectivity index (χ4v) is 1.13. The van der Waals surface area contributed by atoms with Gasteiger partial charge >= 0.3 is 0 Å². The molecule has 6 nitrogen and oxygen atoms in total. The van der Waals surface area contributed by atoms with Crippen molar-refractivity contribution < 1.29 is 10.0 Å². The van der Waals surface area contributed by atoms with Gasteiger partial charge in [-0.25, -0.2) is 4.98 Å². The third kappa shape index (κ3) is 3.17. The zero-order valence-electron chi connectivity index (χ0n) is 8.43. The Hall–Kier alpha value is -1.69. The molecule has 6 heteroatoms. The van der Waals surface area contributed by atoms with Gasteiger partial charge in [0.2, 0.25) is 0 Å². The molecule has 0 amide bonds. The lowest BCUT2D eigenvalue weighted by atomic mass is 10.2. The minimum absolute atomic E-state index is 0.0137. The van der Waals surface area contributed by atoms with Crippen molar-refractivity contribution in [3.05, 3.63) is 27.9 Å². The minimum Gasteiger partial charge on any atom is -0.396 e. The second kappa shape index (κ2) is 5.26. The van der Waals surface area contributed by atoms with Crippen molar-refractivity contribution in [3.8, 4) is 0 Å². The summed E-state index contributed by atoms with van der Waals surface area (Å²) in [5.41, 5.74) is 0.711. The Bertz CT molecular complexity index is 354. The van der Waals surface area contributed by atoms with E-state index in [0.717, 1.165) is 5.56 Å². The van der Waals surface area contributed by atoms with Crippen LogP contribution in [0.25, 0.3) is 0 Å². The van der Waals surface area contributed by atoms with E-state index in [1.54, 1.807) is 6.92 Å². The predicted molar refractivity (Wildman–Crippen MR) is 55.8 cm³/mol. The number of aliphatic hydroxyl groups is 1. The number of rotatable bonds is 5. The second-order valence-electron chi connectivity index (χ2n) is 3.12. The average Bonchev–Trinajstić information content (AvgIpc) is 2.20. The Morgan fingerprint density at radius 2 is 2.40 bits per heavy atom. The van der Waals surface area contributed by atoms with Gasteiger partial charge in [-0.2, -0.15) is 0 Å². The van der Waals surface area contributed by atoms with Crippen molar-refractivity contribution in [2.24, 2.45) is 0 Å². The van der Waals surface area contributed by atoms with E-state index in [1.807, 2.05) is 0 Å². The van der Waals surface area contributed by atoms with Gasteiger partial charge in [0.1, 0.15) is 12.0 Å². The van der Waals surface area contributed by atoms with E-state index in [0.29, 0.717) is 18.8 Å². The van der Waals surface area contributed by atoms with E-state index in [1.165, 1.54) is 12.3 Å². The average molecular weight is 211 g/mol. The van der Waals surface area contributed by atoms with E-state index < -0.39 is 4.92 Å². The van der Waals surface area contributed by atoms with Crippen molar-refractivity contribution in [1.82, 2.24) is 4.98 Å². The van der Waals surface area contributed by atoms with Gasteiger partial charge in [0.05, 0.1) is 4.92 Å². The van der Waals surface area contributed by atoms with Crippen molar-refractivity contribution in [2.75, 3.05) is 18.5 Å². The molecule has 1 heterocycles. The highest BCUT2D eigenvalue weighted by atomic mass is 16.6. The SMILES string of the molecule is Cc1cc([N+](=O)[O-])cnc1NCCCO. The Morgan fingerprint density at radius 1 is 1.67 bits per heavy atom. The molecule has 15 heavy (non-hydrogen) atoms. The normalized spacial score (nSPS) is 10.0. The summed E-state index contributed by atoms with van der Waals surface area (Å²) in [5, 5.41) is 22.0. The van der Waals surface area contributed by atoms with Crippen molar-refractivity contribution >= 4 is 11.5 Å². The number of aromatic nitrogens is 1. The molecule has 0 aliphatic rings. The van der Waals surface area contributed by atoms with Gasteiger partial charge < -0.3 is 10.4 Å². The van der Waals surface area contributed by atoms with Crippen LogP contribution < -0.4 is 5.32 Å². The molecule has 1 aromatic rings. The van der Waals surface area contributed by atoms with Gasteiger partial charge in [-0.05, 0) is 18.9 Å². The fourth-order valence-electron chi connectivity index (χ4n) is 1.13. The monoisotopic (exact) mass is 211 g/mol. The standard InChI is InChI=1S/C9H13N3O3/c1-7-5-8(12(14)15)6-11-9(7)10-3-2-4-13/h5-6,13H,2-4H2,1H3,(H,10,11). The Morgan fingerprint density at radius 3 is 2.93 bits per heavy atom. The van der Waals surface area contributed by atoms with Crippen molar-refractivity contribution in [1.29, 1.82) is 0 Å². The third-order valence-corrected chi connectivity index (χ3v) is 1.90. The summed E-state index contributed by atoms with van der Waals surface area (Å²) in [7, 11) is 0.